The van der Waals surface area contributed by atoms with Gasteiger partial charge in [0.2, 0.25) is 0 Å². The predicted octanol–water partition coefficient (Wildman–Crippen LogP) is 5.08. The second-order valence-corrected chi connectivity index (χ2v) is 6.76. The number of thiophene rings is 1. The summed E-state index contributed by atoms with van der Waals surface area (Å²) in [4.78, 5) is 12.9. The number of hydrogen-bond donors (Lipinski definition) is 1. The highest BCUT2D eigenvalue weighted by atomic mass is 32.1. The molecule has 0 bridgehead atoms. The van der Waals surface area contributed by atoms with Crippen molar-refractivity contribution in [2.75, 3.05) is 0 Å². The lowest BCUT2D eigenvalue weighted by Crippen LogP contribution is -2.16. The van der Waals surface area contributed by atoms with Gasteiger partial charge in [0, 0.05) is 22.4 Å². The van der Waals surface area contributed by atoms with Crippen molar-refractivity contribution >= 4 is 17.0 Å². The van der Waals surface area contributed by atoms with Crippen molar-refractivity contribution in [1.29, 1.82) is 0 Å². The number of nitrogens with zero attached hydrogens (tertiary/aromatic N) is 1. The van der Waals surface area contributed by atoms with E-state index in [-0.39, 0.29) is 16.7 Å². The van der Waals surface area contributed by atoms with Crippen LogP contribution in [0.1, 0.15) is 29.4 Å². The first-order valence-electron chi connectivity index (χ1n) is 7.67. The van der Waals surface area contributed by atoms with Crippen molar-refractivity contribution in [1.82, 2.24) is 5.32 Å². The van der Waals surface area contributed by atoms with Gasteiger partial charge < -0.3 is 9.73 Å². The van der Waals surface area contributed by atoms with E-state index < -0.39 is 0 Å². The number of benzene rings is 1. The summed E-state index contributed by atoms with van der Waals surface area (Å²) in [5, 5.41) is 14.6. The molecule has 0 fully saturated rings. The zero-order chi connectivity index (χ0) is 17.1. The summed E-state index contributed by atoms with van der Waals surface area (Å²) >= 11 is 1.56. The van der Waals surface area contributed by atoms with Crippen LogP contribution in [0.25, 0.3) is 10.4 Å². The molecule has 0 spiro atoms. The van der Waals surface area contributed by atoms with Crippen LogP contribution in [-0.2, 0) is 6.54 Å². The molecule has 0 radical (unpaired) electrons. The molecule has 3 aromatic rings. The largest absolute Gasteiger partial charge is 0.465 e. The van der Waals surface area contributed by atoms with Crippen LogP contribution in [0.3, 0.4) is 0 Å². The Morgan fingerprint density at radius 3 is 2.71 bits per heavy atom. The van der Waals surface area contributed by atoms with Crippen molar-refractivity contribution in [3.8, 4) is 10.4 Å². The molecule has 0 aliphatic heterocycles. The number of nitro benzene ring substituents is 1. The highest BCUT2D eigenvalue weighted by Gasteiger charge is 2.16. The lowest BCUT2D eigenvalue weighted by molar-refractivity contribution is -0.384. The van der Waals surface area contributed by atoms with E-state index in [4.69, 9.17) is 4.42 Å². The maximum absolute atomic E-state index is 11.2. The minimum atomic E-state index is -0.339. The first-order chi connectivity index (χ1) is 11.5. The maximum Gasteiger partial charge on any atom is 0.278 e. The van der Waals surface area contributed by atoms with Gasteiger partial charge in [-0.2, -0.15) is 0 Å². The van der Waals surface area contributed by atoms with Crippen molar-refractivity contribution in [2.24, 2.45) is 0 Å². The van der Waals surface area contributed by atoms with Crippen molar-refractivity contribution in [2.45, 2.75) is 26.4 Å². The first-order valence-corrected chi connectivity index (χ1v) is 8.48. The van der Waals surface area contributed by atoms with E-state index in [0.717, 1.165) is 21.3 Å². The number of nitro groups is 1. The third kappa shape index (κ3) is 3.55. The van der Waals surface area contributed by atoms with Gasteiger partial charge in [0.25, 0.3) is 5.69 Å². The van der Waals surface area contributed by atoms with Gasteiger partial charge in [-0.1, -0.05) is 12.1 Å². The van der Waals surface area contributed by atoms with Crippen LogP contribution < -0.4 is 5.32 Å². The van der Waals surface area contributed by atoms with E-state index in [2.05, 4.69) is 12.2 Å². The summed E-state index contributed by atoms with van der Waals surface area (Å²) in [5.74, 6) is 1.80. The molecular formula is C18H18N2O3S. The Balaban J connectivity index is 1.71. The minimum absolute atomic E-state index is 0.107. The zero-order valence-corrected chi connectivity index (χ0v) is 14.3. The number of hydrogen-bond acceptors (Lipinski definition) is 5. The number of aryl methyl sites for hydroxylation is 1. The van der Waals surface area contributed by atoms with Crippen LogP contribution in [0.2, 0.25) is 0 Å². The highest BCUT2D eigenvalue weighted by molar-refractivity contribution is 7.15. The Labute approximate surface area is 144 Å². The predicted molar refractivity (Wildman–Crippen MR) is 95.1 cm³/mol. The maximum atomic E-state index is 11.2. The minimum Gasteiger partial charge on any atom is -0.465 e. The molecule has 0 unspecified atom stereocenters. The van der Waals surface area contributed by atoms with Crippen molar-refractivity contribution < 1.29 is 9.34 Å². The zero-order valence-electron chi connectivity index (χ0n) is 13.5. The molecule has 2 aromatic heterocycles. The summed E-state index contributed by atoms with van der Waals surface area (Å²) in [7, 11) is 0. The molecule has 5 nitrogen and oxygen atoms in total. The average Bonchev–Trinajstić information content (AvgIpc) is 3.21. The summed E-state index contributed by atoms with van der Waals surface area (Å²) in [6, 6.07) is 14.8. The highest BCUT2D eigenvalue weighted by Crippen LogP contribution is 2.34. The summed E-state index contributed by atoms with van der Waals surface area (Å²) in [6.07, 6.45) is 0. The van der Waals surface area contributed by atoms with Gasteiger partial charge in [-0.3, -0.25) is 10.1 Å². The lowest BCUT2D eigenvalue weighted by atomic mass is 10.1. The second-order valence-electron chi connectivity index (χ2n) is 5.59. The number of rotatable bonds is 6. The molecule has 0 aliphatic rings. The van der Waals surface area contributed by atoms with Gasteiger partial charge in [0.1, 0.15) is 11.5 Å². The number of nitrogens with one attached hydrogen (secondary N) is 1. The monoisotopic (exact) mass is 342 g/mol. The molecule has 0 amide bonds. The molecule has 24 heavy (non-hydrogen) atoms. The average molecular weight is 342 g/mol. The molecule has 0 aliphatic carbocycles. The Hall–Kier alpha value is -2.44. The fourth-order valence-electron chi connectivity index (χ4n) is 2.50. The van der Waals surface area contributed by atoms with Crippen LogP contribution in [0.5, 0.6) is 0 Å². The Bertz CT molecular complexity index is 853. The summed E-state index contributed by atoms with van der Waals surface area (Å²) in [6.45, 7) is 4.66. The number of furan rings is 1. The SMILES string of the molecule is Cc1ccc([C@@H](C)NCc2ccc(-c3ccccc3[N+](=O)[O-])s2)o1. The topological polar surface area (TPSA) is 68.3 Å². The molecule has 1 atom stereocenters. The Morgan fingerprint density at radius 1 is 1.21 bits per heavy atom. The molecule has 0 saturated carbocycles. The van der Waals surface area contributed by atoms with Gasteiger partial charge in [0.15, 0.2) is 0 Å². The summed E-state index contributed by atoms with van der Waals surface area (Å²) < 4.78 is 5.62. The van der Waals surface area contributed by atoms with Crippen LogP contribution in [0.15, 0.2) is 52.9 Å². The Morgan fingerprint density at radius 2 is 2.00 bits per heavy atom. The lowest BCUT2D eigenvalue weighted by Gasteiger charge is -2.10. The second kappa shape index (κ2) is 6.98. The standard InChI is InChI=1S/C18H18N2O3S/c1-12-7-9-17(23-12)13(2)19-11-14-8-10-18(24-14)15-5-3-4-6-16(15)20(21)22/h3-10,13,19H,11H2,1-2H3/t13-/m1/s1. The third-order valence-corrected chi connectivity index (χ3v) is 4.92. The summed E-state index contributed by atoms with van der Waals surface area (Å²) in [5.41, 5.74) is 0.798. The van der Waals surface area contributed by atoms with E-state index in [9.17, 15) is 10.1 Å². The Kier molecular flexibility index (Phi) is 4.78. The van der Waals surface area contributed by atoms with E-state index in [1.807, 2.05) is 37.3 Å². The van der Waals surface area contributed by atoms with Crippen LogP contribution in [0.4, 0.5) is 5.69 Å². The van der Waals surface area contributed by atoms with Gasteiger partial charge in [0.05, 0.1) is 16.5 Å². The molecule has 2 heterocycles. The fraction of sp³-hybridized carbons (Fsp3) is 0.222. The first kappa shape index (κ1) is 16.4. The quantitative estimate of drug-likeness (QED) is 0.501. The molecule has 6 heteroatoms. The number of para-hydroxylation sites is 1. The molecule has 1 N–H and O–H groups in total. The van der Waals surface area contributed by atoms with Crippen LogP contribution >= 0.6 is 11.3 Å². The van der Waals surface area contributed by atoms with E-state index in [1.165, 1.54) is 6.07 Å². The van der Waals surface area contributed by atoms with Crippen LogP contribution in [-0.4, -0.2) is 4.92 Å². The normalized spacial score (nSPS) is 12.2. The van der Waals surface area contributed by atoms with Crippen molar-refractivity contribution in [3.05, 3.63) is 75.0 Å². The third-order valence-electron chi connectivity index (χ3n) is 3.80. The van der Waals surface area contributed by atoms with Gasteiger partial charge in [-0.05, 0) is 44.2 Å². The van der Waals surface area contributed by atoms with E-state index in [1.54, 1.807) is 23.5 Å². The van der Waals surface area contributed by atoms with Crippen LogP contribution in [0, 0.1) is 17.0 Å². The van der Waals surface area contributed by atoms with Crippen molar-refractivity contribution in [3.63, 3.8) is 0 Å². The molecule has 0 saturated heterocycles. The molecular weight excluding hydrogens is 324 g/mol. The molecule has 124 valence electrons. The molecule has 3 rings (SSSR count). The fourth-order valence-corrected chi connectivity index (χ4v) is 3.49. The molecule has 1 aromatic carbocycles. The van der Waals surface area contributed by atoms with E-state index in [0.29, 0.717) is 12.1 Å². The van der Waals surface area contributed by atoms with Gasteiger partial charge in [-0.15, -0.1) is 11.3 Å². The van der Waals surface area contributed by atoms with Gasteiger partial charge in [-0.25, -0.2) is 0 Å². The smallest absolute Gasteiger partial charge is 0.278 e. The van der Waals surface area contributed by atoms with Gasteiger partial charge >= 0.3 is 0 Å². The van der Waals surface area contributed by atoms with E-state index >= 15 is 0 Å².